The summed E-state index contributed by atoms with van der Waals surface area (Å²) in [5.41, 5.74) is 2.35. The highest BCUT2D eigenvalue weighted by Crippen LogP contribution is 2.27. The Kier molecular flexibility index (Phi) is 5.46. The molecule has 5 heteroatoms. The van der Waals surface area contributed by atoms with Gasteiger partial charge < -0.3 is 5.32 Å². The molecular weight excluding hydrogens is 293 g/mol. The van der Waals surface area contributed by atoms with E-state index in [0.29, 0.717) is 10.0 Å². The molecule has 0 bridgehead atoms. The van der Waals surface area contributed by atoms with E-state index in [0.717, 1.165) is 24.9 Å². The van der Waals surface area contributed by atoms with E-state index in [9.17, 15) is 0 Å². The topological polar surface area (TPSA) is 29.9 Å². The lowest BCUT2D eigenvalue weighted by atomic mass is 10.0. The van der Waals surface area contributed by atoms with Gasteiger partial charge in [-0.25, -0.2) is 0 Å². The molecule has 0 spiro atoms. The van der Waals surface area contributed by atoms with Gasteiger partial charge in [0.25, 0.3) is 0 Å². The Morgan fingerprint density at radius 3 is 2.70 bits per heavy atom. The lowest BCUT2D eigenvalue weighted by Gasteiger charge is -2.19. The van der Waals surface area contributed by atoms with Crippen molar-refractivity contribution < 1.29 is 0 Å². The minimum Gasteiger partial charge on any atom is -0.310 e. The van der Waals surface area contributed by atoms with Crippen molar-refractivity contribution >= 4 is 23.2 Å². The molecule has 0 fully saturated rings. The Labute approximate surface area is 129 Å². The van der Waals surface area contributed by atoms with E-state index in [1.807, 2.05) is 42.3 Å². The van der Waals surface area contributed by atoms with Crippen LogP contribution < -0.4 is 5.32 Å². The van der Waals surface area contributed by atoms with Gasteiger partial charge in [-0.1, -0.05) is 36.2 Å². The van der Waals surface area contributed by atoms with Gasteiger partial charge in [0.05, 0.1) is 16.2 Å². The monoisotopic (exact) mass is 311 g/mol. The third-order valence-electron chi connectivity index (χ3n) is 3.18. The van der Waals surface area contributed by atoms with E-state index in [4.69, 9.17) is 23.2 Å². The van der Waals surface area contributed by atoms with Crippen molar-refractivity contribution in [2.24, 2.45) is 7.05 Å². The van der Waals surface area contributed by atoms with Crippen molar-refractivity contribution in [3.8, 4) is 0 Å². The molecule has 0 amide bonds. The lowest BCUT2D eigenvalue weighted by Crippen LogP contribution is -2.24. The zero-order valence-corrected chi connectivity index (χ0v) is 13.2. The SMILES string of the molecule is CCCNC(Cc1cnn(C)c1)c1ccc(Cl)c(Cl)c1. The number of hydrogen-bond acceptors (Lipinski definition) is 2. The van der Waals surface area contributed by atoms with Gasteiger partial charge in [-0.15, -0.1) is 0 Å². The molecule has 1 aromatic heterocycles. The largest absolute Gasteiger partial charge is 0.310 e. The average Bonchev–Trinajstić information content (AvgIpc) is 2.83. The first-order chi connectivity index (χ1) is 9.60. The van der Waals surface area contributed by atoms with Gasteiger partial charge in [-0.2, -0.15) is 5.10 Å². The highest BCUT2D eigenvalue weighted by molar-refractivity contribution is 6.42. The molecule has 0 saturated heterocycles. The van der Waals surface area contributed by atoms with Gasteiger partial charge in [-0.3, -0.25) is 4.68 Å². The number of rotatable bonds is 6. The lowest BCUT2D eigenvalue weighted by molar-refractivity contribution is 0.529. The maximum absolute atomic E-state index is 6.12. The summed E-state index contributed by atoms with van der Waals surface area (Å²) in [6.07, 6.45) is 5.91. The Bertz CT molecular complexity index is 566. The molecule has 1 N–H and O–H groups in total. The summed E-state index contributed by atoms with van der Waals surface area (Å²) in [7, 11) is 1.93. The zero-order valence-electron chi connectivity index (χ0n) is 11.7. The van der Waals surface area contributed by atoms with Crippen LogP contribution in [0.15, 0.2) is 30.6 Å². The molecule has 1 atom stereocenters. The van der Waals surface area contributed by atoms with Crippen LogP contribution in [0.3, 0.4) is 0 Å². The minimum absolute atomic E-state index is 0.217. The Balaban J connectivity index is 2.19. The van der Waals surface area contributed by atoms with Crippen molar-refractivity contribution in [3.05, 3.63) is 51.8 Å². The van der Waals surface area contributed by atoms with Crippen LogP contribution in [0, 0.1) is 0 Å². The first-order valence-corrected chi connectivity index (χ1v) is 7.51. The summed E-state index contributed by atoms with van der Waals surface area (Å²) in [6, 6.07) is 6.03. The van der Waals surface area contributed by atoms with E-state index in [-0.39, 0.29) is 6.04 Å². The second-order valence-electron chi connectivity index (χ2n) is 4.91. The molecule has 0 aliphatic carbocycles. The predicted octanol–water partition coefficient (Wildman–Crippen LogP) is 4.01. The average molecular weight is 312 g/mol. The van der Waals surface area contributed by atoms with Gasteiger partial charge in [0.15, 0.2) is 0 Å². The fourth-order valence-electron chi connectivity index (χ4n) is 2.17. The molecule has 2 rings (SSSR count). The first kappa shape index (κ1) is 15.4. The molecule has 1 aromatic carbocycles. The number of nitrogens with one attached hydrogen (secondary N) is 1. The van der Waals surface area contributed by atoms with Gasteiger partial charge in [0.2, 0.25) is 0 Å². The van der Waals surface area contributed by atoms with Crippen molar-refractivity contribution in [2.45, 2.75) is 25.8 Å². The summed E-state index contributed by atoms with van der Waals surface area (Å²) in [6.45, 7) is 3.12. The van der Waals surface area contributed by atoms with Crippen LogP contribution in [0.25, 0.3) is 0 Å². The third kappa shape index (κ3) is 3.98. The Hall–Kier alpha value is -1.03. The molecule has 3 nitrogen and oxygen atoms in total. The molecule has 2 aromatic rings. The first-order valence-electron chi connectivity index (χ1n) is 6.76. The highest BCUT2D eigenvalue weighted by Gasteiger charge is 2.14. The third-order valence-corrected chi connectivity index (χ3v) is 3.92. The summed E-state index contributed by atoms with van der Waals surface area (Å²) in [4.78, 5) is 0. The van der Waals surface area contributed by atoms with E-state index in [2.05, 4.69) is 17.3 Å². The number of aryl methyl sites for hydroxylation is 1. The van der Waals surface area contributed by atoms with Gasteiger partial charge in [0, 0.05) is 19.3 Å². The Morgan fingerprint density at radius 2 is 2.10 bits per heavy atom. The van der Waals surface area contributed by atoms with Gasteiger partial charge >= 0.3 is 0 Å². The van der Waals surface area contributed by atoms with Crippen molar-refractivity contribution in [1.29, 1.82) is 0 Å². The van der Waals surface area contributed by atoms with E-state index in [1.165, 1.54) is 5.56 Å². The highest BCUT2D eigenvalue weighted by atomic mass is 35.5. The van der Waals surface area contributed by atoms with Gasteiger partial charge in [-0.05, 0) is 42.6 Å². The maximum Gasteiger partial charge on any atom is 0.0595 e. The van der Waals surface area contributed by atoms with Crippen LogP contribution in [0.2, 0.25) is 10.0 Å². The molecule has 108 valence electrons. The fraction of sp³-hybridized carbons (Fsp3) is 0.400. The quantitative estimate of drug-likeness (QED) is 0.873. The van der Waals surface area contributed by atoms with Crippen LogP contribution >= 0.6 is 23.2 Å². The molecule has 0 saturated carbocycles. The number of aromatic nitrogens is 2. The molecular formula is C15H19Cl2N3. The fourth-order valence-corrected chi connectivity index (χ4v) is 2.48. The molecule has 0 aliphatic rings. The second kappa shape index (κ2) is 7.11. The van der Waals surface area contributed by atoms with Crippen LogP contribution in [0.5, 0.6) is 0 Å². The zero-order chi connectivity index (χ0) is 14.5. The van der Waals surface area contributed by atoms with Crippen molar-refractivity contribution in [3.63, 3.8) is 0 Å². The second-order valence-corrected chi connectivity index (χ2v) is 5.72. The molecule has 20 heavy (non-hydrogen) atoms. The smallest absolute Gasteiger partial charge is 0.0595 e. The number of nitrogens with zero attached hydrogens (tertiary/aromatic N) is 2. The molecule has 0 radical (unpaired) electrons. The number of halogens is 2. The molecule has 1 unspecified atom stereocenters. The summed E-state index contributed by atoms with van der Waals surface area (Å²) in [5.74, 6) is 0. The van der Waals surface area contributed by atoms with E-state index < -0.39 is 0 Å². The summed E-state index contributed by atoms with van der Waals surface area (Å²) in [5, 5.41) is 8.95. The predicted molar refractivity (Wildman–Crippen MR) is 84.4 cm³/mol. The summed E-state index contributed by atoms with van der Waals surface area (Å²) < 4.78 is 1.82. The number of benzene rings is 1. The van der Waals surface area contributed by atoms with Crippen molar-refractivity contribution in [1.82, 2.24) is 15.1 Å². The van der Waals surface area contributed by atoms with Crippen LogP contribution in [-0.2, 0) is 13.5 Å². The molecule has 0 aliphatic heterocycles. The normalized spacial score (nSPS) is 12.6. The van der Waals surface area contributed by atoms with Crippen molar-refractivity contribution in [2.75, 3.05) is 6.54 Å². The van der Waals surface area contributed by atoms with Crippen LogP contribution in [0.1, 0.15) is 30.5 Å². The summed E-state index contributed by atoms with van der Waals surface area (Å²) >= 11 is 12.1. The van der Waals surface area contributed by atoms with Gasteiger partial charge in [0.1, 0.15) is 0 Å². The van der Waals surface area contributed by atoms with Crippen LogP contribution in [-0.4, -0.2) is 16.3 Å². The minimum atomic E-state index is 0.217. The number of hydrogen-bond donors (Lipinski definition) is 1. The Morgan fingerprint density at radius 1 is 1.30 bits per heavy atom. The van der Waals surface area contributed by atoms with Crippen LogP contribution in [0.4, 0.5) is 0 Å². The van der Waals surface area contributed by atoms with E-state index in [1.54, 1.807) is 0 Å². The standard InChI is InChI=1S/C15H19Cl2N3/c1-3-6-18-15(7-11-9-19-20(2)10-11)12-4-5-13(16)14(17)8-12/h4-5,8-10,15,18H,3,6-7H2,1-2H3. The molecule has 1 heterocycles. The maximum atomic E-state index is 6.12. The van der Waals surface area contributed by atoms with E-state index >= 15 is 0 Å².